The van der Waals surface area contributed by atoms with E-state index in [0.29, 0.717) is 11.8 Å². The first kappa shape index (κ1) is 63.2. The molecule has 416 valence electrons. The van der Waals surface area contributed by atoms with E-state index in [1.807, 2.05) is 24.5 Å². The molecule has 4 aromatic heterocycles. The third kappa shape index (κ3) is 16.5. The summed E-state index contributed by atoms with van der Waals surface area (Å²) in [6, 6.07) is 60.5. The Labute approximate surface area is 522 Å². The molecule has 4 aliphatic carbocycles. The van der Waals surface area contributed by atoms with Crippen molar-refractivity contribution in [1.82, 2.24) is 19.9 Å². The number of unbranched alkanes of at least 4 members (excludes halogenated alkanes) is 1. The molecule has 4 saturated carbocycles. The summed E-state index contributed by atoms with van der Waals surface area (Å²) in [6.07, 6.45) is 35.9. The van der Waals surface area contributed by atoms with Crippen LogP contribution in [0.2, 0.25) is 0 Å². The maximum atomic E-state index is 5.47. The van der Waals surface area contributed by atoms with Gasteiger partial charge in [0.1, 0.15) is 0 Å². The minimum absolute atomic E-state index is 0. The Morgan fingerprint density at radius 1 is 0.386 bits per heavy atom. The summed E-state index contributed by atoms with van der Waals surface area (Å²) in [4.78, 5) is 20.3. The van der Waals surface area contributed by atoms with Crippen molar-refractivity contribution in [2.24, 2.45) is 5.92 Å². The second-order valence-electron chi connectivity index (χ2n) is 23.3. The molecule has 83 heavy (non-hydrogen) atoms. The topological polar surface area (TPSA) is 51.6 Å². The summed E-state index contributed by atoms with van der Waals surface area (Å²) in [7, 11) is 0. The number of nitrogens with zero attached hydrogens (tertiary/aromatic N) is 4. The fourth-order valence-corrected chi connectivity index (χ4v) is 12.7. The Morgan fingerprint density at radius 2 is 0.699 bits per heavy atom. The van der Waals surface area contributed by atoms with Gasteiger partial charge < -0.3 is 13.3 Å². The average Bonchev–Trinajstić information content (AvgIpc) is 3.75. The molecular weight excluding hydrogens is 995 g/mol. The number of benzene rings is 6. The zero-order valence-electron chi connectivity index (χ0n) is 50.7. The SMILES string of the molecule is CC1CCCCC1.[CH-]1CCCCC1.[CH2-]CCC.[Li+].[Li+].c1ccc(-c2cc(C3CCCCC3)nc3c2ccc2c(-c4ccccc4)cc(C4CCCCC4)nc23)cc1.c1ccc(-c2ccnc3c2ccc2c(-c4ccccc4)ccnc23)cc1. The second kappa shape index (κ2) is 33.0. The summed E-state index contributed by atoms with van der Waals surface area (Å²) < 4.78 is 0. The normalized spacial score (nSPS) is 15.6. The van der Waals surface area contributed by atoms with Crippen LogP contribution in [-0.4, -0.2) is 19.9 Å². The number of hydrogen-bond acceptors (Lipinski definition) is 4. The Hall–Kier alpha value is -5.85. The van der Waals surface area contributed by atoms with Gasteiger partial charge in [-0.2, -0.15) is 19.3 Å². The zero-order valence-corrected chi connectivity index (χ0v) is 50.7. The van der Waals surface area contributed by atoms with Crippen molar-refractivity contribution in [3.05, 3.63) is 207 Å². The van der Waals surface area contributed by atoms with E-state index in [0.717, 1.165) is 45.2 Å². The van der Waals surface area contributed by atoms with Crippen LogP contribution in [0.1, 0.15) is 178 Å². The van der Waals surface area contributed by atoms with Gasteiger partial charge in [0, 0.05) is 57.2 Å². The molecule has 6 heteroatoms. The van der Waals surface area contributed by atoms with E-state index in [2.05, 4.69) is 195 Å². The number of aromatic nitrogens is 4. The molecule has 6 aromatic carbocycles. The van der Waals surface area contributed by atoms with Crippen LogP contribution in [0.5, 0.6) is 0 Å². The number of rotatable bonds is 7. The molecule has 0 atom stereocenters. The third-order valence-electron chi connectivity index (χ3n) is 17.4. The standard InChI is InChI=1S/C36H36N2.C24H16N2.C7H14.C6H11.C4H9.2Li/c1-5-13-25(14-6-1)31-23-33(27-17-9-3-10-18-27)37-35-29(31)21-22-30-32(26-15-7-2-8-16-26)24-34(38-36(30)35)28-19-11-4-12-20-28;1-3-7-17(8-4-1)19-13-15-25-23-21(19)11-12-22-20(14-16-26-24(22)23)18-9-5-2-6-10-18;1-7-5-3-2-4-6-7;1-2-4-6-5-3-1;1-3-4-2;;/h1-2,5-8,13-16,21-24,27-28H,3-4,9-12,17-20H2;1-16H;7H,2-6H2,1H3;1H,2-6H2;1,3-4H2,2H3;;/q;;;2*-1;2*+1. The quantitative estimate of drug-likeness (QED) is 0.0907. The van der Waals surface area contributed by atoms with Crippen LogP contribution in [0.15, 0.2) is 182 Å². The second-order valence-corrected chi connectivity index (χ2v) is 23.3. The summed E-state index contributed by atoms with van der Waals surface area (Å²) in [5.74, 6) is 2.12. The molecule has 4 aliphatic rings. The van der Waals surface area contributed by atoms with Crippen LogP contribution in [0.4, 0.5) is 0 Å². The molecule has 0 N–H and O–H groups in total. The predicted octanol–water partition coefficient (Wildman–Crippen LogP) is 16.7. The van der Waals surface area contributed by atoms with Gasteiger partial charge in [-0.3, -0.25) is 19.9 Å². The van der Waals surface area contributed by atoms with Crippen LogP contribution in [0, 0.1) is 19.3 Å². The van der Waals surface area contributed by atoms with Crippen molar-refractivity contribution < 1.29 is 37.7 Å². The first-order valence-electron chi connectivity index (χ1n) is 31.3. The fraction of sp³-hybridized carbons (Fsp3) is 0.351. The molecule has 0 bridgehead atoms. The molecule has 4 heterocycles. The number of fused-ring (bicyclic) bond motifs is 6. The van der Waals surface area contributed by atoms with E-state index in [9.17, 15) is 0 Å². The molecule has 0 saturated heterocycles. The number of hydrogen-bond donors (Lipinski definition) is 0. The van der Waals surface area contributed by atoms with Gasteiger partial charge in [-0.15, -0.1) is 0 Å². The largest absolute Gasteiger partial charge is 1.00 e. The van der Waals surface area contributed by atoms with Gasteiger partial charge in [0.25, 0.3) is 0 Å². The molecule has 0 radical (unpaired) electrons. The number of pyridine rings is 4. The molecular formula is C77H86Li2N4. The van der Waals surface area contributed by atoms with Crippen molar-refractivity contribution in [3.63, 3.8) is 0 Å². The van der Waals surface area contributed by atoms with E-state index in [1.165, 1.54) is 202 Å². The van der Waals surface area contributed by atoms with E-state index in [-0.39, 0.29) is 37.7 Å². The maximum Gasteiger partial charge on any atom is 1.00 e. The van der Waals surface area contributed by atoms with Crippen molar-refractivity contribution >= 4 is 43.6 Å². The fourth-order valence-electron chi connectivity index (χ4n) is 12.7. The Balaban J connectivity index is 0.000000171. The molecule has 14 rings (SSSR count). The average molecular weight is 1080 g/mol. The third-order valence-corrected chi connectivity index (χ3v) is 17.4. The first-order chi connectivity index (χ1) is 40.1. The van der Waals surface area contributed by atoms with Gasteiger partial charge in [0.15, 0.2) is 0 Å². The smallest absolute Gasteiger partial charge is 0.343 e. The molecule has 0 aliphatic heterocycles. The molecule has 4 fully saturated rings. The minimum atomic E-state index is 0. The molecule has 0 amide bonds. The van der Waals surface area contributed by atoms with Gasteiger partial charge in [-0.05, 0) is 100 Å². The maximum absolute atomic E-state index is 5.47. The minimum Gasteiger partial charge on any atom is -0.343 e. The van der Waals surface area contributed by atoms with Gasteiger partial charge in [-0.25, -0.2) is 0 Å². The van der Waals surface area contributed by atoms with E-state index in [4.69, 9.17) is 9.97 Å². The van der Waals surface area contributed by atoms with Crippen LogP contribution in [0.3, 0.4) is 0 Å². The van der Waals surface area contributed by atoms with Crippen LogP contribution >= 0.6 is 0 Å². The van der Waals surface area contributed by atoms with Crippen molar-refractivity contribution in [3.8, 4) is 44.5 Å². The van der Waals surface area contributed by atoms with Crippen LogP contribution in [-0.2, 0) is 0 Å². The van der Waals surface area contributed by atoms with E-state index >= 15 is 0 Å². The van der Waals surface area contributed by atoms with Crippen molar-refractivity contribution in [1.29, 1.82) is 0 Å². The summed E-state index contributed by atoms with van der Waals surface area (Å²) in [6.45, 7) is 8.08. The summed E-state index contributed by atoms with van der Waals surface area (Å²) in [5, 5.41) is 4.69. The molecule has 0 unspecified atom stereocenters. The van der Waals surface area contributed by atoms with Gasteiger partial charge in [0.2, 0.25) is 0 Å². The predicted molar refractivity (Wildman–Crippen MR) is 347 cm³/mol. The van der Waals surface area contributed by atoms with E-state index in [1.54, 1.807) is 0 Å². The van der Waals surface area contributed by atoms with Gasteiger partial charge in [0.05, 0.1) is 22.1 Å². The van der Waals surface area contributed by atoms with E-state index < -0.39 is 0 Å². The molecule has 0 spiro atoms. The zero-order chi connectivity index (χ0) is 55.4. The van der Waals surface area contributed by atoms with Crippen LogP contribution < -0.4 is 37.7 Å². The summed E-state index contributed by atoms with van der Waals surface area (Å²) >= 11 is 0. The molecule has 10 aromatic rings. The van der Waals surface area contributed by atoms with Crippen molar-refractivity contribution in [2.45, 2.75) is 167 Å². The van der Waals surface area contributed by atoms with Gasteiger partial charge in [-0.1, -0.05) is 256 Å². The monoisotopic (exact) mass is 1080 g/mol. The first-order valence-corrected chi connectivity index (χ1v) is 31.3. The van der Waals surface area contributed by atoms with Crippen LogP contribution in [0.25, 0.3) is 88.1 Å². The Bertz CT molecular complexity index is 3280. The molecule has 4 nitrogen and oxygen atoms in total. The van der Waals surface area contributed by atoms with Crippen molar-refractivity contribution in [2.75, 3.05) is 0 Å². The Morgan fingerprint density at radius 3 is 0.988 bits per heavy atom. The van der Waals surface area contributed by atoms with Gasteiger partial charge >= 0.3 is 37.7 Å². The Kier molecular flexibility index (Phi) is 25.1. The summed E-state index contributed by atoms with van der Waals surface area (Å²) in [5.41, 5.74) is 16.5.